The molecule has 1 aromatic rings. The fraction of sp³-hybridized carbons (Fsp3) is 0.364. The number of non-ortho nitro benzene ring substituents is 1. The zero-order valence-corrected chi connectivity index (χ0v) is 9.90. The molecular formula is C11H14N4O3. The highest BCUT2D eigenvalue weighted by Gasteiger charge is 2.21. The first kappa shape index (κ1) is 12.2. The second-order valence-corrected chi connectivity index (χ2v) is 4.13. The van der Waals surface area contributed by atoms with Gasteiger partial charge in [-0.25, -0.2) is 0 Å². The summed E-state index contributed by atoms with van der Waals surface area (Å²) < 4.78 is 0. The SMILES string of the molecule is CNc1cc(NC2CNC(=O)C2)cc([N+](=O)[O-])c1. The van der Waals surface area contributed by atoms with Gasteiger partial charge in [-0.05, 0) is 6.07 Å². The molecule has 18 heavy (non-hydrogen) atoms. The van der Waals surface area contributed by atoms with Gasteiger partial charge in [-0.1, -0.05) is 0 Å². The molecule has 1 fully saturated rings. The van der Waals surface area contributed by atoms with Crippen LogP contribution < -0.4 is 16.0 Å². The van der Waals surface area contributed by atoms with Crippen molar-refractivity contribution in [1.29, 1.82) is 0 Å². The minimum Gasteiger partial charge on any atom is -0.388 e. The van der Waals surface area contributed by atoms with Gasteiger partial charge in [-0.3, -0.25) is 14.9 Å². The van der Waals surface area contributed by atoms with E-state index in [0.29, 0.717) is 24.3 Å². The Labute approximate surface area is 104 Å². The van der Waals surface area contributed by atoms with E-state index in [1.54, 1.807) is 13.1 Å². The Balaban J connectivity index is 2.18. The molecule has 0 aliphatic carbocycles. The molecule has 1 aliphatic rings. The Morgan fingerprint density at radius 2 is 2.11 bits per heavy atom. The van der Waals surface area contributed by atoms with E-state index in [-0.39, 0.29) is 17.6 Å². The predicted octanol–water partition coefficient (Wildman–Crippen LogP) is 0.937. The van der Waals surface area contributed by atoms with Gasteiger partial charge in [-0.15, -0.1) is 0 Å². The predicted molar refractivity (Wildman–Crippen MR) is 67.7 cm³/mol. The van der Waals surface area contributed by atoms with Gasteiger partial charge < -0.3 is 16.0 Å². The minimum atomic E-state index is -0.440. The summed E-state index contributed by atoms with van der Waals surface area (Å²) in [4.78, 5) is 21.4. The fourth-order valence-electron chi connectivity index (χ4n) is 1.89. The molecule has 7 heteroatoms. The molecule has 1 heterocycles. The minimum absolute atomic E-state index is 0.00762. The number of nitro benzene ring substituents is 1. The standard InChI is InChI=1S/C11H14N4O3/c1-12-7-2-8(4-10(3-7)15(17)18)14-9-5-11(16)13-6-9/h2-4,9,12,14H,5-6H2,1H3,(H,13,16). The lowest BCUT2D eigenvalue weighted by atomic mass is 10.2. The Kier molecular flexibility index (Phi) is 3.31. The summed E-state index contributed by atoms with van der Waals surface area (Å²) in [6, 6.07) is 4.67. The van der Waals surface area contributed by atoms with Gasteiger partial charge >= 0.3 is 0 Å². The summed E-state index contributed by atoms with van der Waals surface area (Å²) >= 11 is 0. The first-order valence-electron chi connectivity index (χ1n) is 5.59. The summed E-state index contributed by atoms with van der Waals surface area (Å²) in [6.07, 6.45) is 0.386. The molecule has 7 nitrogen and oxygen atoms in total. The molecule has 1 aliphatic heterocycles. The topological polar surface area (TPSA) is 96.3 Å². The Hall–Kier alpha value is -2.31. The third-order valence-corrected chi connectivity index (χ3v) is 2.77. The van der Waals surface area contributed by atoms with Crippen LogP contribution in [0.25, 0.3) is 0 Å². The highest BCUT2D eigenvalue weighted by Crippen LogP contribution is 2.25. The molecule has 0 aromatic heterocycles. The highest BCUT2D eigenvalue weighted by molar-refractivity contribution is 5.80. The summed E-state index contributed by atoms with van der Waals surface area (Å²) in [5.41, 5.74) is 1.31. The number of hydrogen-bond donors (Lipinski definition) is 3. The first-order valence-corrected chi connectivity index (χ1v) is 5.59. The number of carbonyl (C=O) groups is 1. The molecule has 0 radical (unpaired) electrons. The zero-order chi connectivity index (χ0) is 13.1. The van der Waals surface area contributed by atoms with Crippen molar-refractivity contribution in [3.05, 3.63) is 28.3 Å². The molecule has 0 saturated carbocycles. The van der Waals surface area contributed by atoms with E-state index in [0.717, 1.165) is 0 Å². The van der Waals surface area contributed by atoms with Crippen LogP contribution >= 0.6 is 0 Å². The molecule has 1 unspecified atom stereocenters. The van der Waals surface area contributed by atoms with E-state index >= 15 is 0 Å². The fourth-order valence-corrected chi connectivity index (χ4v) is 1.89. The second kappa shape index (κ2) is 4.91. The van der Waals surface area contributed by atoms with Gasteiger partial charge in [0.25, 0.3) is 5.69 Å². The highest BCUT2D eigenvalue weighted by atomic mass is 16.6. The maximum atomic E-state index is 11.1. The maximum absolute atomic E-state index is 11.1. The molecule has 0 spiro atoms. The quantitative estimate of drug-likeness (QED) is 0.546. The van der Waals surface area contributed by atoms with Crippen LogP contribution in [0.2, 0.25) is 0 Å². The number of benzene rings is 1. The molecule has 1 aromatic carbocycles. The van der Waals surface area contributed by atoms with Gasteiger partial charge in [0.1, 0.15) is 0 Å². The summed E-state index contributed by atoms with van der Waals surface area (Å²) in [5, 5.41) is 19.5. The van der Waals surface area contributed by atoms with Crippen molar-refractivity contribution in [1.82, 2.24) is 5.32 Å². The van der Waals surface area contributed by atoms with Gasteiger partial charge in [0.15, 0.2) is 0 Å². The lowest BCUT2D eigenvalue weighted by Crippen LogP contribution is -2.22. The van der Waals surface area contributed by atoms with Crippen molar-refractivity contribution in [2.75, 3.05) is 24.2 Å². The lowest BCUT2D eigenvalue weighted by Gasteiger charge is -2.13. The number of nitrogens with one attached hydrogen (secondary N) is 3. The van der Waals surface area contributed by atoms with Crippen LogP contribution in [0, 0.1) is 10.1 Å². The first-order chi connectivity index (χ1) is 8.58. The van der Waals surface area contributed by atoms with Crippen LogP contribution in [0.3, 0.4) is 0 Å². The van der Waals surface area contributed by atoms with E-state index < -0.39 is 4.92 Å². The Morgan fingerprint density at radius 1 is 1.39 bits per heavy atom. The van der Waals surface area contributed by atoms with Crippen LogP contribution in [0.5, 0.6) is 0 Å². The monoisotopic (exact) mass is 250 g/mol. The molecule has 3 N–H and O–H groups in total. The van der Waals surface area contributed by atoms with Crippen molar-refractivity contribution < 1.29 is 9.72 Å². The van der Waals surface area contributed by atoms with Crippen LogP contribution in [0.15, 0.2) is 18.2 Å². The largest absolute Gasteiger partial charge is 0.388 e. The maximum Gasteiger partial charge on any atom is 0.273 e. The second-order valence-electron chi connectivity index (χ2n) is 4.13. The summed E-state index contributed by atoms with van der Waals surface area (Å²) in [5.74, 6) is -0.00762. The normalized spacial score (nSPS) is 18.3. The van der Waals surface area contributed by atoms with E-state index in [1.807, 2.05) is 0 Å². The number of rotatable bonds is 4. The van der Waals surface area contributed by atoms with Gasteiger partial charge in [0.05, 0.1) is 11.0 Å². The molecule has 2 rings (SSSR count). The molecular weight excluding hydrogens is 236 g/mol. The third-order valence-electron chi connectivity index (χ3n) is 2.77. The summed E-state index contributed by atoms with van der Waals surface area (Å²) in [7, 11) is 1.70. The summed E-state index contributed by atoms with van der Waals surface area (Å²) in [6.45, 7) is 0.538. The number of carbonyl (C=O) groups excluding carboxylic acids is 1. The average molecular weight is 250 g/mol. The number of nitro groups is 1. The average Bonchev–Trinajstić information content (AvgIpc) is 2.74. The molecule has 1 atom stereocenters. The van der Waals surface area contributed by atoms with E-state index in [1.165, 1.54) is 12.1 Å². The smallest absolute Gasteiger partial charge is 0.273 e. The van der Waals surface area contributed by atoms with Crippen molar-refractivity contribution in [3.63, 3.8) is 0 Å². The van der Waals surface area contributed by atoms with Gasteiger partial charge in [0.2, 0.25) is 5.91 Å². The number of hydrogen-bond acceptors (Lipinski definition) is 5. The lowest BCUT2D eigenvalue weighted by molar-refractivity contribution is -0.384. The van der Waals surface area contributed by atoms with E-state index in [9.17, 15) is 14.9 Å². The van der Waals surface area contributed by atoms with Crippen LogP contribution in [-0.4, -0.2) is 30.5 Å². The number of nitrogens with zero attached hydrogens (tertiary/aromatic N) is 1. The van der Waals surface area contributed by atoms with E-state index in [4.69, 9.17) is 0 Å². The third kappa shape index (κ3) is 2.68. The van der Waals surface area contributed by atoms with E-state index in [2.05, 4.69) is 16.0 Å². The van der Waals surface area contributed by atoms with Crippen LogP contribution in [0.4, 0.5) is 17.1 Å². The molecule has 0 bridgehead atoms. The Bertz CT molecular complexity index is 489. The van der Waals surface area contributed by atoms with Crippen molar-refractivity contribution in [2.45, 2.75) is 12.5 Å². The van der Waals surface area contributed by atoms with Gasteiger partial charge in [-0.2, -0.15) is 0 Å². The van der Waals surface area contributed by atoms with Crippen LogP contribution in [-0.2, 0) is 4.79 Å². The number of anilines is 2. The Morgan fingerprint density at radius 3 is 2.67 bits per heavy atom. The van der Waals surface area contributed by atoms with Crippen molar-refractivity contribution >= 4 is 23.0 Å². The molecule has 1 saturated heterocycles. The van der Waals surface area contributed by atoms with Crippen LogP contribution in [0.1, 0.15) is 6.42 Å². The molecule has 1 amide bonds. The zero-order valence-electron chi connectivity index (χ0n) is 9.90. The number of amides is 1. The molecule has 96 valence electrons. The van der Waals surface area contributed by atoms with Crippen molar-refractivity contribution in [3.8, 4) is 0 Å². The van der Waals surface area contributed by atoms with Gasteiger partial charge in [0, 0.05) is 43.5 Å². The van der Waals surface area contributed by atoms with Crippen molar-refractivity contribution in [2.24, 2.45) is 0 Å².